The Kier molecular flexibility index (Phi) is 6.69. The van der Waals surface area contributed by atoms with Gasteiger partial charge in [0.1, 0.15) is 11.5 Å². The molecule has 0 aliphatic heterocycles. The third kappa shape index (κ3) is 6.18. The van der Waals surface area contributed by atoms with Crippen LogP contribution in [0.1, 0.15) is 38.1 Å². The molecule has 7 heteroatoms. The SMILES string of the molecule is CC(C)Oc1ccc(C(=O)NNC(=O)C(C)(C)Oc2ccc(Cl)cc2)cc1. The van der Waals surface area contributed by atoms with Crippen molar-refractivity contribution in [1.29, 1.82) is 0 Å². The number of benzene rings is 2. The molecule has 2 N–H and O–H groups in total. The van der Waals surface area contributed by atoms with Crippen molar-refractivity contribution in [2.45, 2.75) is 39.4 Å². The summed E-state index contributed by atoms with van der Waals surface area (Å²) in [5, 5.41) is 0.571. The number of halogens is 1. The van der Waals surface area contributed by atoms with Crippen molar-refractivity contribution in [3.05, 3.63) is 59.1 Å². The second-order valence-electron chi connectivity index (χ2n) is 6.67. The number of rotatable bonds is 6. The summed E-state index contributed by atoms with van der Waals surface area (Å²) in [6.07, 6.45) is 0.0480. The van der Waals surface area contributed by atoms with Gasteiger partial charge in [0.05, 0.1) is 6.10 Å². The first kappa shape index (κ1) is 20.6. The van der Waals surface area contributed by atoms with Crippen LogP contribution in [0.4, 0.5) is 0 Å². The molecule has 0 aliphatic rings. The van der Waals surface area contributed by atoms with Gasteiger partial charge in [0.25, 0.3) is 11.8 Å². The highest BCUT2D eigenvalue weighted by Crippen LogP contribution is 2.21. The Morgan fingerprint density at radius 2 is 1.48 bits per heavy atom. The van der Waals surface area contributed by atoms with E-state index in [1.807, 2.05) is 13.8 Å². The molecule has 2 aromatic rings. The lowest BCUT2D eigenvalue weighted by atomic mass is 10.1. The predicted octanol–water partition coefficient (Wildman–Crippen LogP) is 3.75. The number of nitrogens with one attached hydrogen (secondary N) is 2. The molecule has 2 aromatic carbocycles. The second kappa shape index (κ2) is 8.77. The van der Waals surface area contributed by atoms with E-state index < -0.39 is 17.4 Å². The summed E-state index contributed by atoms with van der Waals surface area (Å²) < 4.78 is 11.2. The first-order valence-electron chi connectivity index (χ1n) is 8.49. The average molecular weight is 391 g/mol. The molecule has 0 radical (unpaired) electrons. The van der Waals surface area contributed by atoms with Gasteiger partial charge in [-0.25, -0.2) is 0 Å². The Hall–Kier alpha value is -2.73. The van der Waals surface area contributed by atoms with Crippen molar-refractivity contribution >= 4 is 23.4 Å². The standard InChI is InChI=1S/C20H23ClN2O4/c1-13(2)26-16-9-5-14(6-10-16)18(24)22-23-19(25)20(3,4)27-17-11-7-15(21)8-12-17/h5-13H,1-4H3,(H,22,24)(H,23,25). The monoisotopic (exact) mass is 390 g/mol. The van der Waals surface area contributed by atoms with E-state index in [9.17, 15) is 9.59 Å². The van der Waals surface area contributed by atoms with Gasteiger partial charge >= 0.3 is 0 Å². The zero-order chi connectivity index (χ0) is 20.0. The smallest absolute Gasteiger partial charge is 0.281 e. The molecule has 144 valence electrons. The minimum atomic E-state index is -1.20. The molecular formula is C20H23ClN2O4. The molecule has 27 heavy (non-hydrogen) atoms. The van der Waals surface area contributed by atoms with Gasteiger partial charge in [-0.3, -0.25) is 20.4 Å². The highest BCUT2D eigenvalue weighted by atomic mass is 35.5. The number of hydrogen-bond acceptors (Lipinski definition) is 4. The van der Waals surface area contributed by atoms with Crippen molar-refractivity contribution in [3.63, 3.8) is 0 Å². The van der Waals surface area contributed by atoms with Crippen LogP contribution in [-0.4, -0.2) is 23.5 Å². The van der Waals surface area contributed by atoms with Gasteiger partial charge in [-0.15, -0.1) is 0 Å². The predicted molar refractivity (Wildman–Crippen MR) is 104 cm³/mol. The van der Waals surface area contributed by atoms with Gasteiger partial charge in [0.15, 0.2) is 5.60 Å². The zero-order valence-corrected chi connectivity index (χ0v) is 16.5. The third-order valence-corrected chi connectivity index (χ3v) is 3.76. The number of hydrogen-bond donors (Lipinski definition) is 2. The molecule has 0 bridgehead atoms. The normalized spacial score (nSPS) is 11.0. The van der Waals surface area contributed by atoms with Crippen LogP contribution in [0.5, 0.6) is 11.5 Å². The lowest BCUT2D eigenvalue weighted by Gasteiger charge is -2.25. The van der Waals surface area contributed by atoms with Crippen molar-refractivity contribution in [2.75, 3.05) is 0 Å². The first-order valence-corrected chi connectivity index (χ1v) is 8.87. The molecule has 6 nitrogen and oxygen atoms in total. The van der Waals surface area contributed by atoms with E-state index in [1.54, 1.807) is 62.4 Å². The maximum atomic E-state index is 12.4. The highest BCUT2D eigenvalue weighted by molar-refractivity contribution is 6.30. The fourth-order valence-electron chi connectivity index (χ4n) is 2.14. The maximum Gasteiger partial charge on any atom is 0.281 e. The van der Waals surface area contributed by atoms with Gasteiger partial charge in [-0.1, -0.05) is 11.6 Å². The number of carbonyl (C=O) groups is 2. The van der Waals surface area contributed by atoms with Crippen LogP contribution >= 0.6 is 11.6 Å². The molecule has 0 aliphatic carbocycles. The average Bonchev–Trinajstić information content (AvgIpc) is 2.61. The van der Waals surface area contributed by atoms with Crippen LogP contribution in [0.25, 0.3) is 0 Å². The number of amides is 2. The quantitative estimate of drug-likeness (QED) is 0.736. The lowest BCUT2D eigenvalue weighted by molar-refractivity contribution is -0.135. The van der Waals surface area contributed by atoms with E-state index in [0.717, 1.165) is 0 Å². The molecule has 0 atom stereocenters. The van der Waals surface area contributed by atoms with Crippen LogP contribution in [0.2, 0.25) is 5.02 Å². The molecule has 0 saturated carbocycles. The second-order valence-corrected chi connectivity index (χ2v) is 7.10. The molecule has 0 unspecified atom stereocenters. The molecule has 0 saturated heterocycles. The van der Waals surface area contributed by atoms with E-state index in [-0.39, 0.29) is 6.10 Å². The van der Waals surface area contributed by atoms with Crippen LogP contribution in [0.15, 0.2) is 48.5 Å². The topological polar surface area (TPSA) is 76.7 Å². The van der Waals surface area contributed by atoms with Crippen molar-refractivity contribution in [3.8, 4) is 11.5 Å². The van der Waals surface area contributed by atoms with Gasteiger partial charge < -0.3 is 9.47 Å². The van der Waals surface area contributed by atoms with Gasteiger partial charge in [-0.2, -0.15) is 0 Å². The molecule has 0 aromatic heterocycles. The molecule has 2 amide bonds. The Morgan fingerprint density at radius 3 is 2.04 bits per heavy atom. The highest BCUT2D eigenvalue weighted by Gasteiger charge is 2.30. The van der Waals surface area contributed by atoms with E-state index >= 15 is 0 Å². The Labute approximate surface area is 163 Å². The summed E-state index contributed by atoms with van der Waals surface area (Å²) in [5.41, 5.74) is 3.95. The summed E-state index contributed by atoms with van der Waals surface area (Å²) in [6.45, 7) is 7.04. The fraction of sp³-hybridized carbons (Fsp3) is 0.300. The third-order valence-electron chi connectivity index (χ3n) is 3.51. The molecule has 0 fully saturated rings. The largest absolute Gasteiger partial charge is 0.491 e. The van der Waals surface area contributed by atoms with Crippen LogP contribution in [0.3, 0.4) is 0 Å². The Bertz CT molecular complexity index is 787. The van der Waals surface area contributed by atoms with E-state index in [0.29, 0.717) is 22.1 Å². The van der Waals surface area contributed by atoms with Crippen LogP contribution in [0, 0.1) is 0 Å². The van der Waals surface area contributed by atoms with Crippen molar-refractivity contribution in [2.24, 2.45) is 0 Å². The minimum absolute atomic E-state index is 0.0480. The summed E-state index contributed by atoms with van der Waals surface area (Å²) in [4.78, 5) is 24.5. The fourth-order valence-corrected chi connectivity index (χ4v) is 2.26. The van der Waals surface area contributed by atoms with Crippen LogP contribution in [-0.2, 0) is 4.79 Å². The maximum absolute atomic E-state index is 12.4. The number of ether oxygens (including phenoxy) is 2. The minimum Gasteiger partial charge on any atom is -0.491 e. The molecule has 0 spiro atoms. The lowest BCUT2D eigenvalue weighted by Crippen LogP contribution is -2.53. The molecule has 2 rings (SSSR count). The summed E-state index contributed by atoms with van der Waals surface area (Å²) >= 11 is 5.83. The van der Waals surface area contributed by atoms with E-state index in [2.05, 4.69) is 10.9 Å². The van der Waals surface area contributed by atoms with E-state index in [1.165, 1.54) is 0 Å². The van der Waals surface area contributed by atoms with Crippen molar-refractivity contribution in [1.82, 2.24) is 10.9 Å². The summed E-state index contributed by atoms with van der Waals surface area (Å²) in [7, 11) is 0. The van der Waals surface area contributed by atoms with Gasteiger partial charge in [0.2, 0.25) is 0 Å². The Balaban J connectivity index is 1.91. The first-order chi connectivity index (χ1) is 12.7. The number of carbonyl (C=O) groups excluding carboxylic acids is 2. The summed E-state index contributed by atoms with van der Waals surface area (Å²) in [5.74, 6) is 0.224. The molecule has 0 heterocycles. The zero-order valence-electron chi connectivity index (χ0n) is 15.7. The number of hydrazine groups is 1. The Morgan fingerprint density at radius 1 is 0.926 bits per heavy atom. The van der Waals surface area contributed by atoms with Crippen molar-refractivity contribution < 1.29 is 19.1 Å². The van der Waals surface area contributed by atoms with Crippen LogP contribution < -0.4 is 20.3 Å². The van der Waals surface area contributed by atoms with Gasteiger partial charge in [-0.05, 0) is 76.2 Å². The summed E-state index contributed by atoms with van der Waals surface area (Å²) in [6, 6.07) is 13.3. The van der Waals surface area contributed by atoms with Gasteiger partial charge in [0, 0.05) is 10.6 Å². The molecular weight excluding hydrogens is 368 g/mol. The van der Waals surface area contributed by atoms with E-state index in [4.69, 9.17) is 21.1 Å².